The van der Waals surface area contributed by atoms with E-state index in [-0.39, 0.29) is 46.0 Å². The summed E-state index contributed by atoms with van der Waals surface area (Å²) in [5.41, 5.74) is 0.519. The average Bonchev–Trinajstić information content (AvgIpc) is 3.40. The fourth-order valence-corrected chi connectivity index (χ4v) is 5.83. The average molecular weight is 540 g/mol. The Morgan fingerprint density at radius 2 is 1.83 bits per heavy atom. The van der Waals surface area contributed by atoms with Crippen molar-refractivity contribution in [3.05, 3.63) is 63.4 Å². The predicted octanol–water partition coefficient (Wildman–Crippen LogP) is 4.39. The number of hydrogen-bond donors (Lipinski definition) is 1. The van der Waals surface area contributed by atoms with Gasteiger partial charge in [-0.2, -0.15) is 13.2 Å². The molecular weight excluding hydrogens is 515 g/mol. The first-order valence-corrected chi connectivity index (χ1v) is 13.6. The van der Waals surface area contributed by atoms with E-state index in [4.69, 9.17) is 0 Å². The first kappa shape index (κ1) is 26.0. The van der Waals surface area contributed by atoms with Crippen molar-refractivity contribution in [3.63, 3.8) is 0 Å². The fourth-order valence-electron chi connectivity index (χ4n) is 3.93. The molecule has 3 aromatic rings. The molecule has 0 radical (unpaired) electrons. The molecule has 4 rings (SSSR count). The summed E-state index contributed by atoms with van der Waals surface area (Å²) < 4.78 is 62.5. The highest BCUT2D eigenvalue weighted by Crippen LogP contribution is 2.42. The molecule has 1 aliphatic heterocycles. The van der Waals surface area contributed by atoms with Crippen molar-refractivity contribution in [1.82, 2.24) is 20.3 Å². The topological polar surface area (TPSA) is 105 Å². The molecule has 1 N–H and O–H groups in total. The third-order valence-electron chi connectivity index (χ3n) is 5.82. The second-order valence-electron chi connectivity index (χ2n) is 8.64. The molecule has 192 valence electrons. The molecule has 0 fully saturated rings. The summed E-state index contributed by atoms with van der Waals surface area (Å²) in [6.07, 6.45) is -2.98. The zero-order chi connectivity index (χ0) is 26.3. The molecule has 2 aromatic heterocycles. The van der Waals surface area contributed by atoms with Crippen LogP contribution < -0.4 is 10.2 Å². The first-order valence-electron chi connectivity index (χ1n) is 11.2. The van der Waals surface area contributed by atoms with Gasteiger partial charge >= 0.3 is 6.18 Å². The van der Waals surface area contributed by atoms with Crippen molar-refractivity contribution in [2.75, 3.05) is 10.7 Å². The molecule has 1 aromatic carbocycles. The molecule has 0 bridgehead atoms. The quantitative estimate of drug-likeness (QED) is 0.475. The number of amides is 1. The van der Waals surface area contributed by atoms with Gasteiger partial charge in [0, 0.05) is 18.9 Å². The maximum Gasteiger partial charge on any atom is 0.419 e. The number of sulfone groups is 1. The zero-order valence-electron chi connectivity index (χ0n) is 19.7. The van der Waals surface area contributed by atoms with E-state index in [0.717, 1.165) is 22.8 Å². The molecule has 1 aliphatic rings. The van der Waals surface area contributed by atoms with E-state index in [1.54, 1.807) is 24.0 Å². The molecule has 0 saturated heterocycles. The maximum atomic E-state index is 12.9. The Bertz CT molecular complexity index is 1360. The van der Waals surface area contributed by atoms with Crippen molar-refractivity contribution in [1.29, 1.82) is 0 Å². The number of halogens is 3. The minimum Gasteiger partial charge on any atom is -0.346 e. The van der Waals surface area contributed by atoms with E-state index in [0.29, 0.717) is 12.2 Å². The molecule has 1 unspecified atom stereocenters. The lowest BCUT2D eigenvalue weighted by Crippen LogP contribution is -2.28. The van der Waals surface area contributed by atoms with Gasteiger partial charge in [-0.15, -0.1) is 11.3 Å². The molecule has 0 saturated carbocycles. The van der Waals surface area contributed by atoms with Gasteiger partial charge in [0.1, 0.15) is 0 Å². The number of alkyl halides is 3. The molecule has 13 heteroatoms. The summed E-state index contributed by atoms with van der Waals surface area (Å²) >= 11 is 1.22. The Morgan fingerprint density at radius 3 is 2.39 bits per heavy atom. The van der Waals surface area contributed by atoms with Crippen LogP contribution in [-0.2, 0) is 29.1 Å². The van der Waals surface area contributed by atoms with E-state index in [9.17, 15) is 26.4 Å². The van der Waals surface area contributed by atoms with Crippen molar-refractivity contribution in [2.24, 2.45) is 5.92 Å². The summed E-state index contributed by atoms with van der Waals surface area (Å²) in [7, 11) is -3.29. The summed E-state index contributed by atoms with van der Waals surface area (Å²) in [6, 6.07) is 6.05. The number of rotatable bonds is 7. The Labute approximate surface area is 210 Å². The predicted molar refractivity (Wildman–Crippen MR) is 128 cm³/mol. The van der Waals surface area contributed by atoms with Crippen LogP contribution in [0.15, 0.2) is 41.6 Å². The van der Waals surface area contributed by atoms with Crippen LogP contribution in [0.1, 0.15) is 58.3 Å². The van der Waals surface area contributed by atoms with Crippen LogP contribution in [0, 0.1) is 5.92 Å². The first-order chi connectivity index (χ1) is 16.9. The molecular formula is C23H24F3N5O3S2. The number of carbonyl (C=O) groups excluding carboxylic acids is 1. The number of anilines is 1. The third-order valence-corrected chi connectivity index (χ3v) is 8.63. The van der Waals surface area contributed by atoms with Gasteiger partial charge in [0.15, 0.2) is 14.8 Å². The maximum absolute atomic E-state index is 12.9. The lowest BCUT2D eigenvalue weighted by Gasteiger charge is -2.27. The van der Waals surface area contributed by atoms with Crippen molar-refractivity contribution < 1.29 is 26.4 Å². The van der Waals surface area contributed by atoms with Gasteiger partial charge in [-0.1, -0.05) is 32.9 Å². The monoisotopic (exact) mass is 539 g/mol. The lowest BCUT2D eigenvalue weighted by atomic mass is 10.0. The summed E-state index contributed by atoms with van der Waals surface area (Å²) in [4.78, 5) is 28.0. The van der Waals surface area contributed by atoms with E-state index in [1.165, 1.54) is 23.5 Å². The summed E-state index contributed by atoms with van der Waals surface area (Å²) in [5.74, 6) is -0.142. The highest BCUT2D eigenvalue weighted by atomic mass is 32.2. The molecule has 1 amide bonds. The van der Waals surface area contributed by atoms with E-state index < -0.39 is 21.6 Å². The second-order valence-corrected chi connectivity index (χ2v) is 12.0. The van der Waals surface area contributed by atoms with Crippen molar-refractivity contribution >= 4 is 33.0 Å². The smallest absolute Gasteiger partial charge is 0.346 e. The minimum atomic E-state index is -4.52. The SMILES string of the molecule is CCS(=O)(=O)c1ccc(CNC(=O)c2nc3c(s2)CN(c2ncc(C(F)(F)F)cn2)C3C(C)C)cc1. The second kappa shape index (κ2) is 9.77. The Hall–Kier alpha value is -3.06. The number of hydrogen-bond acceptors (Lipinski definition) is 8. The molecule has 0 spiro atoms. The van der Waals surface area contributed by atoms with Crippen LogP contribution in [0.3, 0.4) is 0 Å². The van der Waals surface area contributed by atoms with E-state index in [2.05, 4.69) is 20.3 Å². The summed E-state index contributed by atoms with van der Waals surface area (Å²) in [5, 5.41) is 3.08. The van der Waals surface area contributed by atoms with Crippen LogP contribution in [0.2, 0.25) is 0 Å². The molecule has 8 nitrogen and oxygen atoms in total. The van der Waals surface area contributed by atoms with Gasteiger partial charge in [0.2, 0.25) is 5.95 Å². The number of fused-ring (bicyclic) bond motifs is 1. The van der Waals surface area contributed by atoms with Gasteiger partial charge in [0.25, 0.3) is 5.91 Å². The Kier molecular flexibility index (Phi) is 7.06. The van der Waals surface area contributed by atoms with Gasteiger partial charge in [-0.05, 0) is 23.6 Å². The molecule has 1 atom stereocenters. The van der Waals surface area contributed by atoms with Crippen molar-refractivity contribution in [3.8, 4) is 0 Å². The third kappa shape index (κ3) is 5.21. The number of nitrogens with zero attached hydrogens (tertiary/aromatic N) is 4. The lowest BCUT2D eigenvalue weighted by molar-refractivity contribution is -0.138. The van der Waals surface area contributed by atoms with Crippen molar-refractivity contribution in [2.45, 2.75) is 51.0 Å². The van der Waals surface area contributed by atoms with Gasteiger partial charge in [0.05, 0.1) is 39.4 Å². The number of benzene rings is 1. The molecule has 3 heterocycles. The Balaban J connectivity index is 1.46. The van der Waals surface area contributed by atoms with Gasteiger partial charge in [-0.3, -0.25) is 4.79 Å². The highest BCUT2D eigenvalue weighted by molar-refractivity contribution is 7.91. The van der Waals surface area contributed by atoms with E-state index in [1.807, 2.05) is 13.8 Å². The number of aromatic nitrogens is 3. The molecule has 0 aliphatic carbocycles. The number of nitrogens with one attached hydrogen (secondary N) is 1. The van der Waals surface area contributed by atoms with E-state index >= 15 is 0 Å². The summed E-state index contributed by atoms with van der Waals surface area (Å²) in [6.45, 7) is 6.03. The highest BCUT2D eigenvalue weighted by Gasteiger charge is 2.39. The fraction of sp³-hybridized carbons (Fsp3) is 0.391. The Morgan fingerprint density at radius 1 is 1.19 bits per heavy atom. The van der Waals surface area contributed by atoms with Crippen LogP contribution in [0.25, 0.3) is 0 Å². The standard InChI is InChI=1S/C23H24F3N5O3S2/c1-4-36(33,34)16-7-5-14(6-8-16)9-27-20(32)21-30-18-17(35-21)12-31(19(18)13(2)3)22-28-10-15(11-29-22)23(24,25)26/h5-8,10-11,13,19H,4,9,12H2,1-3H3,(H,27,32). The minimum absolute atomic E-state index is 0.0115. The number of thiazole rings is 1. The normalized spacial score (nSPS) is 15.9. The van der Waals surface area contributed by atoms with Crippen LogP contribution >= 0.6 is 11.3 Å². The van der Waals surface area contributed by atoms with Crippen LogP contribution in [-0.4, -0.2) is 35.0 Å². The zero-order valence-corrected chi connectivity index (χ0v) is 21.3. The van der Waals surface area contributed by atoms with Gasteiger partial charge in [-0.25, -0.2) is 23.4 Å². The largest absolute Gasteiger partial charge is 0.419 e. The van der Waals surface area contributed by atoms with Gasteiger partial charge < -0.3 is 10.2 Å². The molecule has 36 heavy (non-hydrogen) atoms. The van der Waals surface area contributed by atoms with Crippen LogP contribution in [0.5, 0.6) is 0 Å². The van der Waals surface area contributed by atoms with Crippen LogP contribution in [0.4, 0.5) is 19.1 Å². The number of carbonyl (C=O) groups is 1.